The normalized spacial score (nSPS) is 13.9. The van der Waals surface area contributed by atoms with Crippen molar-refractivity contribution in [2.24, 2.45) is 17.4 Å². The van der Waals surface area contributed by atoms with Crippen LogP contribution in [0, 0.1) is 11.3 Å². The molecule has 9 atom stereocenters. The van der Waals surface area contributed by atoms with E-state index in [4.69, 9.17) is 28.5 Å². The number of aliphatic hydroxyl groups excluding tert-OH is 1. The van der Waals surface area contributed by atoms with Gasteiger partial charge in [0.1, 0.15) is 54.1 Å². The van der Waals surface area contributed by atoms with Gasteiger partial charge in [-0.25, -0.2) is 10.2 Å². The summed E-state index contributed by atoms with van der Waals surface area (Å²) in [6.45, 7) is 6.04. The summed E-state index contributed by atoms with van der Waals surface area (Å²) >= 11 is 6.15. The van der Waals surface area contributed by atoms with Gasteiger partial charge in [-0.15, -0.1) is 0 Å². The molecule has 0 bridgehead atoms. The number of aromatic amines is 2. The van der Waals surface area contributed by atoms with Gasteiger partial charge in [-0.1, -0.05) is 86.1 Å². The van der Waals surface area contributed by atoms with Gasteiger partial charge in [0.2, 0.25) is 53.2 Å². The zero-order valence-electron chi connectivity index (χ0n) is 52.9. The molecule has 0 aliphatic heterocycles. The minimum Gasteiger partial charge on any atom is -0.508 e. The Morgan fingerprint density at radius 1 is 0.547 bits per heavy atom. The second kappa shape index (κ2) is 35.3. The molecular weight excluding hydrogens is 1250 g/mol. The molecule has 0 saturated carbocycles. The fourth-order valence-corrected chi connectivity index (χ4v) is 10.4. The summed E-state index contributed by atoms with van der Waals surface area (Å²) in [6.07, 6.45) is 0.346. The van der Waals surface area contributed by atoms with Crippen LogP contribution < -0.4 is 75.5 Å². The van der Waals surface area contributed by atoms with Gasteiger partial charge in [0.15, 0.2) is 5.96 Å². The van der Waals surface area contributed by atoms with Crippen LogP contribution in [-0.2, 0) is 73.6 Å². The van der Waals surface area contributed by atoms with E-state index in [0.29, 0.717) is 38.2 Å². The number of phenols is 1. The topological polar surface area (TPSA) is 480 Å². The monoisotopic (exact) mass is 1330 g/mol. The standard InChI is InChI=1S/C64H82ClN17O13/c1-33(2)25-48(57(89)74-46(15-10-24-70-63(68)69-5)56(88)75-47(55(67)87)28-38-31-71-44-13-8-6-11-42(38)44)79-64(95)82-81-61(93)50(27-36-16-20-40(65)21-17-36)78-62(94)54(34(3)83)80-60(92)52(30-53(66)86)77-59(91)51(29-39-32-72-45-14-9-7-12-43(39)45)76-58(90)49(73-35(4)84)26-37-18-22-41(85)23-19-37/h6-9,11-14,16-23,31-34,46-52,54,71-72,83,85H,10,15,24-30H2,1-5H3,(H2,66,86)(H2,67,87)(H,73,84)(H,74,89)(H,75,88)(H,76,90)(H,77,91)(H,78,94)(H,80,92)(H,81,93)(H3,68,69,70)(H2,79,82,95)/t34-,46+,47+,48+,49-,50+,51+,52+,54?/m1/s1. The number of amides is 12. The zero-order valence-corrected chi connectivity index (χ0v) is 53.7. The Kier molecular flexibility index (Phi) is 27.3. The number of rotatable bonds is 33. The molecule has 0 aliphatic carbocycles. The molecule has 12 amide bonds. The van der Waals surface area contributed by atoms with Gasteiger partial charge in [0.05, 0.1) is 12.5 Å². The van der Waals surface area contributed by atoms with E-state index in [1.54, 1.807) is 50.5 Å². The van der Waals surface area contributed by atoms with Crippen molar-refractivity contribution in [3.05, 3.63) is 137 Å². The van der Waals surface area contributed by atoms with Crippen LogP contribution >= 0.6 is 11.6 Å². The number of benzene rings is 4. The number of primary amides is 2. The number of H-pyrrole nitrogens is 2. The number of aromatic hydroxyl groups is 1. The highest BCUT2D eigenvalue weighted by Crippen LogP contribution is 2.22. The number of halogens is 1. The van der Waals surface area contributed by atoms with Crippen LogP contribution in [0.15, 0.2) is 109 Å². The Morgan fingerprint density at radius 2 is 1.02 bits per heavy atom. The molecule has 0 radical (unpaired) electrons. The molecule has 0 aliphatic rings. The molecule has 0 saturated heterocycles. The van der Waals surface area contributed by atoms with Crippen molar-refractivity contribution in [2.75, 3.05) is 13.6 Å². The maximum atomic E-state index is 14.5. The van der Waals surface area contributed by atoms with Gasteiger partial charge in [0.25, 0.3) is 5.91 Å². The highest BCUT2D eigenvalue weighted by atomic mass is 35.5. The Labute approximate surface area is 551 Å². The SMILES string of the molecule is CNC(=N)NCCC[C@H](NC(=O)[C@H](CC(C)C)NC(=O)NNC(=O)[C@H](Cc1ccc(Cl)cc1)NC(=O)C(NC(=O)[C@H](CC(N)=O)NC(=O)[C@H](Cc1c[nH]c2ccccc12)NC(=O)[C@@H](Cc1ccc(O)cc1)NC(C)=O)[C@@H](C)O)C(=O)N[C@@H](Cc1c[nH]c2ccccc12)C(N)=O. The van der Waals surface area contributed by atoms with Crippen LogP contribution in [0.25, 0.3) is 21.8 Å². The minimum atomic E-state index is -1.92. The lowest BCUT2D eigenvalue weighted by molar-refractivity contribution is -0.137. The van der Waals surface area contributed by atoms with Gasteiger partial charge in [-0.05, 0) is 90.8 Å². The number of carbonyl (C=O) groups excluding carboxylic acids is 11. The first kappa shape index (κ1) is 73.3. The lowest BCUT2D eigenvalue weighted by atomic mass is 10.0. The van der Waals surface area contributed by atoms with E-state index in [2.05, 4.69) is 74.0 Å². The highest BCUT2D eigenvalue weighted by Gasteiger charge is 2.36. The number of carbonyl (C=O) groups is 11. The number of aromatic nitrogens is 2. The predicted molar refractivity (Wildman–Crippen MR) is 352 cm³/mol. The summed E-state index contributed by atoms with van der Waals surface area (Å²) in [7, 11) is 1.54. The number of guanidine groups is 1. The number of hydrogen-bond donors (Lipinski definition) is 19. The molecule has 0 spiro atoms. The van der Waals surface area contributed by atoms with Crippen LogP contribution in [0.4, 0.5) is 4.79 Å². The third-order valence-corrected chi connectivity index (χ3v) is 15.4. The van der Waals surface area contributed by atoms with Crippen LogP contribution in [-0.4, -0.2) is 159 Å². The zero-order chi connectivity index (χ0) is 69.5. The number of urea groups is 1. The van der Waals surface area contributed by atoms with Crippen molar-refractivity contribution in [3.63, 3.8) is 0 Å². The number of nitrogens with two attached hydrogens (primary N) is 2. The summed E-state index contributed by atoms with van der Waals surface area (Å²) in [5.74, 6) is -9.72. The maximum absolute atomic E-state index is 14.5. The van der Waals surface area contributed by atoms with E-state index in [-0.39, 0.29) is 69.1 Å². The van der Waals surface area contributed by atoms with Crippen molar-refractivity contribution in [1.29, 1.82) is 5.41 Å². The molecule has 6 rings (SSSR count). The fraction of sp³-hybridized carbons (Fsp3) is 0.375. The van der Waals surface area contributed by atoms with E-state index in [1.807, 2.05) is 24.3 Å². The van der Waals surface area contributed by atoms with Crippen LogP contribution in [0.1, 0.15) is 75.6 Å². The first-order valence-electron chi connectivity index (χ1n) is 30.5. The maximum Gasteiger partial charge on any atom is 0.334 e. The van der Waals surface area contributed by atoms with Crippen molar-refractivity contribution >= 4 is 104 Å². The second-order valence-electron chi connectivity index (χ2n) is 23.2. The number of fused-ring (bicyclic) bond motifs is 2. The molecule has 4 aromatic carbocycles. The molecule has 6 aromatic rings. The van der Waals surface area contributed by atoms with Crippen molar-refractivity contribution in [2.45, 2.75) is 134 Å². The first-order valence-corrected chi connectivity index (χ1v) is 30.9. The second-order valence-corrected chi connectivity index (χ2v) is 23.6. The van der Waals surface area contributed by atoms with Crippen molar-refractivity contribution < 1.29 is 63.0 Å². The number of nitrogens with one attached hydrogen (secondary N) is 15. The molecule has 21 N–H and O–H groups in total. The number of hydrogen-bond acceptors (Lipinski definition) is 14. The molecule has 30 nitrogen and oxygen atoms in total. The lowest BCUT2D eigenvalue weighted by Crippen LogP contribution is -2.62. The van der Waals surface area contributed by atoms with Gasteiger partial charge in [-0.2, -0.15) is 0 Å². The molecule has 2 heterocycles. The van der Waals surface area contributed by atoms with Crippen LogP contribution in [0.2, 0.25) is 5.02 Å². The fourth-order valence-electron chi connectivity index (χ4n) is 10.3. The van der Waals surface area contributed by atoms with E-state index >= 15 is 0 Å². The number of phenolic OH excluding ortho intramolecular Hbond substituents is 1. The van der Waals surface area contributed by atoms with Crippen LogP contribution in [0.5, 0.6) is 5.75 Å². The molecule has 2 aromatic heterocycles. The number of hydrazine groups is 1. The van der Waals surface area contributed by atoms with Gasteiger partial charge >= 0.3 is 6.03 Å². The number of para-hydroxylation sites is 2. The average molecular weight is 1330 g/mol. The Hall–Kier alpha value is -10.8. The Bertz CT molecular complexity index is 3710. The van der Waals surface area contributed by atoms with E-state index in [9.17, 15) is 63.0 Å². The van der Waals surface area contributed by atoms with E-state index in [1.165, 1.54) is 62.5 Å². The first-order chi connectivity index (χ1) is 45.2. The summed E-state index contributed by atoms with van der Waals surface area (Å²) in [4.78, 5) is 157. The minimum absolute atomic E-state index is 0.000367. The predicted octanol–water partition coefficient (Wildman–Crippen LogP) is -0.297. The largest absolute Gasteiger partial charge is 0.508 e. The molecule has 0 fully saturated rings. The van der Waals surface area contributed by atoms with Gasteiger partial charge in [0, 0.05) is 85.4 Å². The van der Waals surface area contributed by atoms with Crippen molar-refractivity contribution in [1.82, 2.24) is 74.0 Å². The van der Waals surface area contributed by atoms with Crippen LogP contribution in [0.3, 0.4) is 0 Å². The Balaban J connectivity index is 1.17. The smallest absolute Gasteiger partial charge is 0.334 e. The lowest BCUT2D eigenvalue weighted by Gasteiger charge is -2.28. The summed E-state index contributed by atoms with van der Waals surface area (Å²) in [5.41, 5.74) is 19.4. The quantitative estimate of drug-likeness (QED) is 0.0109. The third kappa shape index (κ3) is 22.8. The highest BCUT2D eigenvalue weighted by molar-refractivity contribution is 6.30. The van der Waals surface area contributed by atoms with E-state index < -0.39 is 126 Å². The number of aliphatic hydroxyl groups is 1. The average Bonchev–Trinajstić information content (AvgIpc) is 1.83. The van der Waals surface area contributed by atoms with Gasteiger partial charge in [-0.3, -0.25) is 58.8 Å². The van der Waals surface area contributed by atoms with E-state index in [0.717, 1.165) is 17.8 Å². The Morgan fingerprint density at radius 3 is 1.56 bits per heavy atom. The third-order valence-electron chi connectivity index (χ3n) is 15.1. The van der Waals surface area contributed by atoms with Crippen molar-refractivity contribution in [3.8, 4) is 5.75 Å². The van der Waals surface area contributed by atoms with Gasteiger partial charge < -0.3 is 84.8 Å². The molecule has 95 heavy (non-hydrogen) atoms. The molecular formula is C64H82ClN17O13. The molecule has 1 unspecified atom stereocenters. The molecule has 31 heteroatoms. The summed E-state index contributed by atoms with van der Waals surface area (Å²) < 4.78 is 0. The molecule has 508 valence electrons. The summed E-state index contributed by atoms with van der Waals surface area (Å²) in [6, 6.07) is 13.2. The summed E-state index contributed by atoms with van der Waals surface area (Å²) in [5, 5.41) is 56.3.